The number of hydrogen-bond acceptors (Lipinski definition) is 3. The molecule has 1 amide bonds. The zero-order valence-electron chi connectivity index (χ0n) is 10.7. The Labute approximate surface area is 114 Å². The predicted octanol–water partition coefficient (Wildman–Crippen LogP) is 1.41. The highest BCUT2D eigenvalue weighted by Crippen LogP contribution is 2.10. The Morgan fingerprint density at radius 1 is 1.37 bits per heavy atom. The van der Waals surface area contributed by atoms with E-state index in [2.05, 4.69) is 5.32 Å². The molecule has 0 radical (unpaired) electrons. The van der Waals surface area contributed by atoms with E-state index < -0.39 is 16.8 Å². The van der Waals surface area contributed by atoms with Gasteiger partial charge in [-0.05, 0) is 24.6 Å². The van der Waals surface area contributed by atoms with E-state index in [1.807, 2.05) is 6.92 Å². The standard InChI is InChI=1S/C13H17NO4S/c1-2-3-7-14-12(15)9-19(18)11-6-4-5-10(8-11)13(16)17/h4-6,8H,2-3,7,9H2,1H3,(H,14,15)(H,16,17). The Morgan fingerprint density at radius 2 is 2.11 bits per heavy atom. The maximum absolute atomic E-state index is 11.9. The SMILES string of the molecule is CCCCNC(=O)CS(=O)c1cccc(C(=O)O)c1. The van der Waals surface area contributed by atoms with Crippen LogP contribution in [0.4, 0.5) is 0 Å². The fraction of sp³-hybridized carbons (Fsp3) is 0.385. The van der Waals surface area contributed by atoms with E-state index in [1.54, 1.807) is 6.07 Å². The highest BCUT2D eigenvalue weighted by Gasteiger charge is 2.12. The summed E-state index contributed by atoms with van der Waals surface area (Å²) in [7, 11) is -1.52. The molecule has 0 saturated carbocycles. The fourth-order valence-corrected chi connectivity index (χ4v) is 2.42. The van der Waals surface area contributed by atoms with Crippen molar-refractivity contribution in [1.29, 1.82) is 0 Å². The van der Waals surface area contributed by atoms with Crippen LogP contribution < -0.4 is 5.32 Å². The summed E-state index contributed by atoms with van der Waals surface area (Å²) in [5.74, 6) is -1.51. The Hall–Kier alpha value is -1.69. The lowest BCUT2D eigenvalue weighted by Crippen LogP contribution is -2.29. The Morgan fingerprint density at radius 3 is 2.74 bits per heavy atom. The molecule has 6 heteroatoms. The average molecular weight is 283 g/mol. The number of aromatic carboxylic acids is 1. The lowest BCUT2D eigenvalue weighted by atomic mass is 10.2. The van der Waals surface area contributed by atoms with Crippen molar-refractivity contribution in [2.24, 2.45) is 0 Å². The van der Waals surface area contributed by atoms with Crippen LogP contribution in [0.2, 0.25) is 0 Å². The molecule has 0 aliphatic rings. The van der Waals surface area contributed by atoms with Gasteiger partial charge < -0.3 is 10.4 Å². The van der Waals surface area contributed by atoms with Crippen LogP contribution in [0.15, 0.2) is 29.2 Å². The van der Waals surface area contributed by atoms with Crippen molar-refractivity contribution in [1.82, 2.24) is 5.32 Å². The minimum absolute atomic E-state index is 0.0669. The molecule has 0 aliphatic heterocycles. The molecule has 1 aromatic carbocycles. The van der Waals surface area contributed by atoms with Gasteiger partial charge in [-0.25, -0.2) is 4.79 Å². The van der Waals surface area contributed by atoms with Crippen LogP contribution in [0, 0.1) is 0 Å². The van der Waals surface area contributed by atoms with Crippen molar-refractivity contribution in [2.45, 2.75) is 24.7 Å². The molecule has 2 N–H and O–H groups in total. The third-order valence-corrected chi connectivity index (χ3v) is 3.76. The molecule has 0 spiro atoms. The van der Waals surface area contributed by atoms with E-state index in [0.717, 1.165) is 12.8 Å². The van der Waals surface area contributed by atoms with E-state index >= 15 is 0 Å². The maximum atomic E-state index is 11.9. The van der Waals surface area contributed by atoms with Crippen LogP contribution in [0.5, 0.6) is 0 Å². The van der Waals surface area contributed by atoms with Crippen molar-refractivity contribution in [3.63, 3.8) is 0 Å². The Kier molecular flexibility index (Phi) is 6.21. The van der Waals surface area contributed by atoms with E-state index in [0.29, 0.717) is 11.4 Å². The van der Waals surface area contributed by atoms with Crippen molar-refractivity contribution < 1.29 is 18.9 Å². The molecule has 0 heterocycles. The zero-order valence-corrected chi connectivity index (χ0v) is 11.5. The second kappa shape index (κ2) is 7.68. The number of carboxylic acids is 1. The number of unbranched alkanes of at least 4 members (excludes halogenated alkanes) is 1. The van der Waals surface area contributed by atoms with Gasteiger partial charge >= 0.3 is 5.97 Å². The third-order valence-electron chi connectivity index (χ3n) is 2.46. The second-order valence-electron chi connectivity index (χ2n) is 4.03. The van der Waals surface area contributed by atoms with E-state index in [1.165, 1.54) is 18.2 Å². The normalized spacial score (nSPS) is 11.8. The lowest BCUT2D eigenvalue weighted by Gasteiger charge is -2.05. The van der Waals surface area contributed by atoms with Gasteiger partial charge in [0.1, 0.15) is 5.75 Å². The summed E-state index contributed by atoms with van der Waals surface area (Å²) < 4.78 is 11.9. The largest absolute Gasteiger partial charge is 0.478 e. The smallest absolute Gasteiger partial charge is 0.335 e. The summed E-state index contributed by atoms with van der Waals surface area (Å²) in [5, 5.41) is 11.5. The van der Waals surface area contributed by atoms with Gasteiger partial charge in [-0.15, -0.1) is 0 Å². The molecule has 0 aromatic heterocycles. The minimum Gasteiger partial charge on any atom is -0.478 e. The van der Waals surface area contributed by atoms with Gasteiger partial charge in [0.25, 0.3) is 0 Å². The van der Waals surface area contributed by atoms with Gasteiger partial charge in [-0.2, -0.15) is 0 Å². The topological polar surface area (TPSA) is 83.5 Å². The summed E-state index contributed by atoms with van der Waals surface area (Å²) >= 11 is 0. The molecule has 104 valence electrons. The first-order valence-electron chi connectivity index (χ1n) is 6.03. The number of nitrogens with one attached hydrogen (secondary N) is 1. The Balaban J connectivity index is 2.60. The molecule has 0 aliphatic carbocycles. The monoisotopic (exact) mass is 283 g/mol. The zero-order chi connectivity index (χ0) is 14.3. The lowest BCUT2D eigenvalue weighted by molar-refractivity contribution is -0.118. The highest BCUT2D eigenvalue weighted by atomic mass is 32.2. The van der Waals surface area contributed by atoms with Crippen LogP contribution in [0.1, 0.15) is 30.1 Å². The highest BCUT2D eigenvalue weighted by molar-refractivity contribution is 7.85. The van der Waals surface area contributed by atoms with E-state index in [4.69, 9.17) is 5.11 Å². The van der Waals surface area contributed by atoms with Gasteiger partial charge in [0.2, 0.25) is 5.91 Å². The third kappa shape index (κ3) is 5.21. The molecule has 1 unspecified atom stereocenters. The first-order valence-corrected chi connectivity index (χ1v) is 7.35. The number of rotatable bonds is 7. The summed E-state index contributed by atoms with van der Waals surface area (Å²) in [6.45, 7) is 2.59. The molecule has 5 nitrogen and oxygen atoms in total. The van der Waals surface area contributed by atoms with Crippen LogP contribution in [0.25, 0.3) is 0 Å². The number of hydrogen-bond donors (Lipinski definition) is 2. The molecular weight excluding hydrogens is 266 g/mol. The van der Waals surface area contributed by atoms with Crippen LogP contribution in [-0.4, -0.2) is 33.5 Å². The summed E-state index contributed by atoms with van der Waals surface area (Å²) in [6, 6.07) is 5.83. The van der Waals surface area contributed by atoms with Gasteiger partial charge in [-0.3, -0.25) is 9.00 Å². The molecule has 0 saturated heterocycles. The van der Waals surface area contributed by atoms with Crippen molar-refractivity contribution in [3.05, 3.63) is 29.8 Å². The van der Waals surface area contributed by atoms with Gasteiger partial charge in [0.05, 0.1) is 16.4 Å². The molecule has 1 atom stereocenters. The number of amides is 1. The molecule has 1 aromatic rings. The van der Waals surface area contributed by atoms with Crippen LogP contribution in [-0.2, 0) is 15.6 Å². The molecule has 0 fully saturated rings. The number of benzene rings is 1. The summed E-state index contributed by atoms with van der Waals surface area (Å²) in [6.07, 6.45) is 1.86. The van der Waals surface area contributed by atoms with Crippen LogP contribution >= 0.6 is 0 Å². The van der Waals surface area contributed by atoms with Crippen molar-refractivity contribution >= 4 is 22.7 Å². The molecule has 19 heavy (non-hydrogen) atoms. The second-order valence-corrected chi connectivity index (χ2v) is 5.48. The molecule has 1 rings (SSSR count). The number of carboxylic acid groups (broad SMARTS) is 1. The van der Waals surface area contributed by atoms with Crippen LogP contribution in [0.3, 0.4) is 0 Å². The maximum Gasteiger partial charge on any atom is 0.335 e. The Bertz CT molecular complexity index is 487. The van der Waals surface area contributed by atoms with Crippen molar-refractivity contribution in [2.75, 3.05) is 12.3 Å². The predicted molar refractivity (Wildman–Crippen MR) is 72.6 cm³/mol. The van der Waals surface area contributed by atoms with Gasteiger partial charge in [-0.1, -0.05) is 19.4 Å². The summed E-state index contributed by atoms with van der Waals surface area (Å²) in [5.41, 5.74) is 0.0669. The minimum atomic E-state index is -1.52. The average Bonchev–Trinajstić information content (AvgIpc) is 2.39. The fourth-order valence-electron chi connectivity index (χ4n) is 1.43. The van der Waals surface area contributed by atoms with Gasteiger partial charge in [0, 0.05) is 11.4 Å². The molecule has 0 bridgehead atoms. The van der Waals surface area contributed by atoms with Gasteiger partial charge in [0.15, 0.2) is 0 Å². The first kappa shape index (κ1) is 15.4. The number of carbonyl (C=O) groups excluding carboxylic acids is 1. The number of carbonyl (C=O) groups is 2. The quantitative estimate of drug-likeness (QED) is 0.741. The van der Waals surface area contributed by atoms with Crippen molar-refractivity contribution in [3.8, 4) is 0 Å². The molecular formula is C13H17NO4S. The first-order chi connectivity index (χ1) is 9.04. The van der Waals surface area contributed by atoms with E-state index in [9.17, 15) is 13.8 Å². The van der Waals surface area contributed by atoms with E-state index in [-0.39, 0.29) is 17.2 Å². The summed E-state index contributed by atoms with van der Waals surface area (Å²) in [4.78, 5) is 22.6.